The Morgan fingerprint density at radius 1 is 1.19 bits per heavy atom. The minimum absolute atomic E-state index is 0.0609. The van der Waals surface area contributed by atoms with Crippen LogP contribution in [0.5, 0.6) is 0 Å². The van der Waals surface area contributed by atoms with Crippen LogP contribution < -0.4 is 10.0 Å². The molecule has 144 valence electrons. The van der Waals surface area contributed by atoms with E-state index in [0.29, 0.717) is 0 Å². The lowest BCUT2D eigenvalue weighted by molar-refractivity contribution is -0.124. The predicted octanol–water partition coefficient (Wildman–Crippen LogP) is 1.86. The molecule has 27 heavy (non-hydrogen) atoms. The summed E-state index contributed by atoms with van der Waals surface area (Å²) in [5.74, 6) is -2.00. The fraction of sp³-hybridized carbons (Fsp3) is 0.176. The first-order valence-corrected chi connectivity index (χ1v) is 9.51. The number of benzene rings is 2. The molecule has 10 heteroatoms. The van der Waals surface area contributed by atoms with Gasteiger partial charge in [0, 0.05) is 12.1 Å². The molecule has 2 aromatic carbocycles. The number of carbonyl (C=O) groups excluding carboxylic acids is 2. The van der Waals surface area contributed by atoms with E-state index in [1.54, 1.807) is 6.07 Å². The Kier molecular flexibility index (Phi) is 6.89. The van der Waals surface area contributed by atoms with Crippen molar-refractivity contribution in [2.45, 2.75) is 11.4 Å². The third-order valence-electron chi connectivity index (χ3n) is 3.49. The molecule has 0 heterocycles. The van der Waals surface area contributed by atoms with Crippen LogP contribution in [0.2, 0.25) is 5.02 Å². The predicted molar refractivity (Wildman–Crippen MR) is 96.2 cm³/mol. The molecule has 0 aliphatic heterocycles. The van der Waals surface area contributed by atoms with E-state index in [9.17, 15) is 22.4 Å². The first-order chi connectivity index (χ1) is 12.7. The van der Waals surface area contributed by atoms with Gasteiger partial charge in [0.15, 0.2) is 6.61 Å². The van der Waals surface area contributed by atoms with Crippen LogP contribution in [0.3, 0.4) is 0 Å². The van der Waals surface area contributed by atoms with E-state index in [-0.39, 0.29) is 27.6 Å². The van der Waals surface area contributed by atoms with E-state index in [2.05, 4.69) is 10.0 Å². The highest BCUT2D eigenvalue weighted by Crippen LogP contribution is 2.22. The Balaban J connectivity index is 1.96. The Morgan fingerprint density at radius 3 is 2.56 bits per heavy atom. The smallest absolute Gasteiger partial charge is 0.338 e. The molecule has 0 saturated carbocycles. The van der Waals surface area contributed by atoms with Gasteiger partial charge in [-0.3, -0.25) is 4.79 Å². The van der Waals surface area contributed by atoms with Crippen molar-refractivity contribution >= 4 is 33.5 Å². The van der Waals surface area contributed by atoms with E-state index in [1.807, 2.05) is 0 Å². The standard InChI is InChI=1S/C17H16ClFN2O5S/c1-20-27(24,25)15-8-11(6-7-13(15)18)17(23)26-10-16(22)21-9-12-4-2-3-5-14(12)19/h2-8,20H,9-10H2,1H3,(H,21,22). The van der Waals surface area contributed by atoms with Crippen molar-refractivity contribution < 1.29 is 27.1 Å². The Bertz CT molecular complexity index is 966. The number of amides is 1. The number of nitrogens with one attached hydrogen (secondary N) is 2. The Labute approximate surface area is 160 Å². The topological polar surface area (TPSA) is 102 Å². The van der Waals surface area contributed by atoms with Crippen LogP contribution in [-0.2, 0) is 26.1 Å². The van der Waals surface area contributed by atoms with Gasteiger partial charge in [0.05, 0.1) is 10.6 Å². The molecule has 2 rings (SSSR count). The number of hydrogen-bond donors (Lipinski definition) is 2. The number of sulfonamides is 1. The Morgan fingerprint density at radius 2 is 1.89 bits per heavy atom. The van der Waals surface area contributed by atoms with Crippen molar-refractivity contribution in [2.75, 3.05) is 13.7 Å². The van der Waals surface area contributed by atoms with Gasteiger partial charge in [0.1, 0.15) is 10.7 Å². The lowest BCUT2D eigenvalue weighted by atomic mass is 10.2. The maximum Gasteiger partial charge on any atom is 0.338 e. The van der Waals surface area contributed by atoms with Gasteiger partial charge in [-0.1, -0.05) is 29.8 Å². The molecule has 0 bridgehead atoms. The summed E-state index contributed by atoms with van der Waals surface area (Å²) in [7, 11) is -2.66. The molecule has 7 nitrogen and oxygen atoms in total. The average molecular weight is 415 g/mol. The fourth-order valence-electron chi connectivity index (χ4n) is 2.05. The van der Waals surface area contributed by atoms with Crippen molar-refractivity contribution in [1.29, 1.82) is 0 Å². The molecular weight excluding hydrogens is 399 g/mol. The molecule has 0 atom stereocenters. The van der Waals surface area contributed by atoms with Gasteiger partial charge >= 0.3 is 5.97 Å². The summed E-state index contributed by atoms with van der Waals surface area (Å²) in [6, 6.07) is 9.49. The molecular formula is C17H16ClFN2O5S. The van der Waals surface area contributed by atoms with Crippen molar-refractivity contribution in [3.05, 3.63) is 64.4 Å². The fourth-order valence-corrected chi connectivity index (χ4v) is 3.30. The molecule has 2 aromatic rings. The number of ether oxygens (including phenoxy) is 1. The van der Waals surface area contributed by atoms with Crippen molar-refractivity contribution in [2.24, 2.45) is 0 Å². The van der Waals surface area contributed by atoms with Crippen LogP contribution in [0.4, 0.5) is 4.39 Å². The molecule has 0 aliphatic carbocycles. The van der Waals surface area contributed by atoms with Gasteiger partial charge < -0.3 is 10.1 Å². The Hall–Kier alpha value is -2.49. The van der Waals surface area contributed by atoms with Gasteiger partial charge in [-0.25, -0.2) is 22.3 Å². The maximum absolute atomic E-state index is 13.5. The van der Waals surface area contributed by atoms with Crippen molar-refractivity contribution in [3.8, 4) is 0 Å². The van der Waals surface area contributed by atoms with Gasteiger partial charge in [-0.15, -0.1) is 0 Å². The van der Waals surface area contributed by atoms with E-state index in [1.165, 1.54) is 37.4 Å². The van der Waals surface area contributed by atoms with Crippen LogP contribution >= 0.6 is 11.6 Å². The number of halogens is 2. The summed E-state index contributed by atoms with van der Waals surface area (Å²) in [5, 5.41) is 2.35. The second-order valence-corrected chi connectivity index (χ2v) is 7.56. The first kappa shape index (κ1) is 20.8. The second kappa shape index (κ2) is 8.94. The molecule has 0 saturated heterocycles. The van der Waals surface area contributed by atoms with Crippen LogP contribution in [0, 0.1) is 5.82 Å². The third kappa shape index (κ3) is 5.49. The molecule has 1 amide bonds. The van der Waals surface area contributed by atoms with E-state index in [0.717, 1.165) is 6.07 Å². The second-order valence-electron chi connectivity index (χ2n) is 5.30. The van der Waals surface area contributed by atoms with Gasteiger partial charge in [0.25, 0.3) is 5.91 Å². The van der Waals surface area contributed by atoms with Crippen LogP contribution in [0.15, 0.2) is 47.4 Å². The molecule has 0 radical (unpaired) electrons. The third-order valence-corrected chi connectivity index (χ3v) is 5.39. The normalized spacial score (nSPS) is 11.1. The minimum Gasteiger partial charge on any atom is -0.452 e. The molecule has 0 aliphatic rings. The number of carbonyl (C=O) groups is 2. The van der Waals surface area contributed by atoms with E-state index < -0.39 is 34.3 Å². The summed E-state index contributed by atoms with van der Waals surface area (Å²) in [5.41, 5.74) is 0.201. The lowest BCUT2D eigenvalue weighted by Crippen LogP contribution is -2.28. The molecule has 0 aromatic heterocycles. The highest BCUT2D eigenvalue weighted by atomic mass is 35.5. The van der Waals surface area contributed by atoms with Crippen LogP contribution in [0.1, 0.15) is 15.9 Å². The summed E-state index contributed by atoms with van der Waals surface area (Å²) in [6.07, 6.45) is 0. The zero-order chi connectivity index (χ0) is 20.0. The maximum atomic E-state index is 13.5. The van der Waals surface area contributed by atoms with Gasteiger partial charge in [-0.2, -0.15) is 0 Å². The minimum atomic E-state index is -3.86. The van der Waals surface area contributed by atoms with Crippen molar-refractivity contribution in [3.63, 3.8) is 0 Å². The van der Waals surface area contributed by atoms with Gasteiger partial charge in [-0.05, 0) is 31.3 Å². The SMILES string of the molecule is CNS(=O)(=O)c1cc(C(=O)OCC(=O)NCc2ccccc2F)ccc1Cl. The number of rotatable bonds is 7. The first-order valence-electron chi connectivity index (χ1n) is 7.65. The molecule has 2 N–H and O–H groups in total. The summed E-state index contributed by atoms with van der Waals surface area (Å²) in [4.78, 5) is 23.5. The highest BCUT2D eigenvalue weighted by Gasteiger charge is 2.19. The lowest BCUT2D eigenvalue weighted by Gasteiger charge is -2.09. The zero-order valence-electron chi connectivity index (χ0n) is 14.2. The summed E-state index contributed by atoms with van der Waals surface area (Å²) < 4.78 is 44.1. The van der Waals surface area contributed by atoms with Crippen LogP contribution in [0.25, 0.3) is 0 Å². The monoisotopic (exact) mass is 414 g/mol. The van der Waals surface area contributed by atoms with Gasteiger partial charge in [0.2, 0.25) is 10.0 Å². The number of hydrogen-bond acceptors (Lipinski definition) is 5. The highest BCUT2D eigenvalue weighted by molar-refractivity contribution is 7.89. The number of esters is 1. The molecule has 0 unspecified atom stereocenters. The summed E-state index contributed by atoms with van der Waals surface area (Å²) in [6.45, 7) is -0.668. The molecule has 0 fully saturated rings. The zero-order valence-corrected chi connectivity index (χ0v) is 15.7. The van der Waals surface area contributed by atoms with Crippen molar-refractivity contribution in [1.82, 2.24) is 10.0 Å². The van der Waals surface area contributed by atoms with Crippen LogP contribution in [-0.4, -0.2) is 33.9 Å². The largest absolute Gasteiger partial charge is 0.452 e. The van der Waals surface area contributed by atoms with E-state index >= 15 is 0 Å². The quantitative estimate of drug-likeness (QED) is 0.673. The average Bonchev–Trinajstić information content (AvgIpc) is 2.65. The summed E-state index contributed by atoms with van der Waals surface area (Å²) >= 11 is 5.84. The van der Waals surface area contributed by atoms with E-state index in [4.69, 9.17) is 16.3 Å². The molecule has 0 spiro atoms.